The molecule has 0 saturated carbocycles. The van der Waals surface area contributed by atoms with Crippen molar-refractivity contribution in [2.24, 2.45) is 0 Å². The number of rotatable bonds is 3. The molecule has 0 amide bonds. The van der Waals surface area contributed by atoms with Crippen molar-refractivity contribution in [3.8, 4) is 0 Å². The molecule has 1 aliphatic carbocycles. The third kappa shape index (κ3) is 2.99. The van der Waals surface area contributed by atoms with E-state index in [-0.39, 0.29) is 11.1 Å². The number of nitrogens with zero attached hydrogens (tertiary/aromatic N) is 3. The molecular formula is C21H19N3O3. The summed E-state index contributed by atoms with van der Waals surface area (Å²) in [7, 11) is 4.00. The van der Waals surface area contributed by atoms with Crippen LogP contribution in [0.1, 0.15) is 33.6 Å². The first-order valence-electron chi connectivity index (χ1n) is 8.71. The zero-order chi connectivity index (χ0) is 19.1. The van der Waals surface area contributed by atoms with Crippen LogP contribution in [0.2, 0.25) is 0 Å². The highest BCUT2D eigenvalue weighted by atomic mass is 16.4. The van der Waals surface area contributed by atoms with Gasteiger partial charge in [-0.2, -0.15) is 0 Å². The van der Waals surface area contributed by atoms with Crippen LogP contribution in [0.5, 0.6) is 0 Å². The first kappa shape index (κ1) is 17.0. The lowest BCUT2D eigenvalue weighted by Crippen LogP contribution is -2.20. The predicted molar refractivity (Wildman–Crippen MR) is 105 cm³/mol. The molecule has 3 aromatic rings. The Hall–Kier alpha value is -3.41. The molecule has 0 fully saturated rings. The summed E-state index contributed by atoms with van der Waals surface area (Å²) >= 11 is 0. The van der Waals surface area contributed by atoms with Crippen LogP contribution in [-0.4, -0.2) is 34.6 Å². The number of pyridine rings is 1. The number of aromatic carboxylic acids is 1. The van der Waals surface area contributed by atoms with Crippen LogP contribution < -0.4 is 10.5 Å². The van der Waals surface area contributed by atoms with Crippen molar-refractivity contribution in [2.45, 2.75) is 12.8 Å². The molecule has 6 nitrogen and oxygen atoms in total. The average Bonchev–Trinajstić information content (AvgIpc) is 3.05. The van der Waals surface area contributed by atoms with E-state index in [1.165, 1.54) is 16.7 Å². The molecule has 0 saturated heterocycles. The molecule has 2 aromatic heterocycles. The molecule has 0 radical (unpaired) electrons. The Balaban J connectivity index is 1.79. The van der Waals surface area contributed by atoms with Gasteiger partial charge in [0.1, 0.15) is 5.65 Å². The maximum absolute atomic E-state index is 12.8. The smallest absolute Gasteiger partial charge is 0.337 e. The van der Waals surface area contributed by atoms with Gasteiger partial charge < -0.3 is 10.0 Å². The van der Waals surface area contributed by atoms with Gasteiger partial charge in [0.25, 0.3) is 5.56 Å². The molecule has 0 aliphatic heterocycles. The fourth-order valence-electron chi connectivity index (χ4n) is 3.38. The lowest BCUT2D eigenvalue weighted by atomic mass is 10.1. The van der Waals surface area contributed by atoms with Crippen molar-refractivity contribution in [3.05, 3.63) is 75.3 Å². The zero-order valence-corrected chi connectivity index (χ0v) is 15.1. The molecule has 0 atom stereocenters. The van der Waals surface area contributed by atoms with E-state index in [0.717, 1.165) is 28.9 Å². The number of hydrogen-bond acceptors (Lipinski definition) is 4. The quantitative estimate of drug-likeness (QED) is 0.776. The molecule has 6 heteroatoms. The van der Waals surface area contributed by atoms with Crippen LogP contribution in [0.3, 0.4) is 0 Å². The molecule has 0 spiro atoms. The Labute approximate surface area is 156 Å². The third-order valence-corrected chi connectivity index (χ3v) is 4.86. The number of carbonyl (C=O) groups is 1. The summed E-state index contributed by atoms with van der Waals surface area (Å²) in [6.45, 7) is 0. The van der Waals surface area contributed by atoms with E-state index >= 15 is 0 Å². The minimum absolute atomic E-state index is 0.0705. The van der Waals surface area contributed by atoms with Crippen molar-refractivity contribution in [3.63, 3.8) is 0 Å². The zero-order valence-electron chi connectivity index (χ0n) is 15.1. The van der Waals surface area contributed by atoms with E-state index < -0.39 is 5.97 Å². The topological polar surface area (TPSA) is 74.9 Å². The van der Waals surface area contributed by atoms with Crippen LogP contribution in [0, 0.1) is 0 Å². The minimum atomic E-state index is -1.06. The monoisotopic (exact) mass is 361 g/mol. The largest absolute Gasteiger partial charge is 0.478 e. The maximum atomic E-state index is 12.8. The highest BCUT2D eigenvalue weighted by Crippen LogP contribution is 2.31. The normalized spacial score (nSPS) is 14.5. The Bertz CT molecular complexity index is 1140. The van der Waals surface area contributed by atoms with Gasteiger partial charge in [-0.3, -0.25) is 9.20 Å². The Morgan fingerprint density at radius 1 is 1.15 bits per heavy atom. The maximum Gasteiger partial charge on any atom is 0.337 e. The molecule has 0 unspecified atom stereocenters. The van der Waals surface area contributed by atoms with E-state index in [4.69, 9.17) is 5.11 Å². The molecule has 0 bridgehead atoms. The lowest BCUT2D eigenvalue weighted by Gasteiger charge is -2.12. The van der Waals surface area contributed by atoms with Crippen molar-refractivity contribution in [1.29, 1.82) is 0 Å². The van der Waals surface area contributed by atoms with Gasteiger partial charge in [-0.25, -0.2) is 9.78 Å². The number of aromatic nitrogens is 2. The molecule has 4 rings (SSSR count). The summed E-state index contributed by atoms with van der Waals surface area (Å²) in [4.78, 5) is 30.7. The predicted octanol–water partition coefficient (Wildman–Crippen LogP) is 2.95. The van der Waals surface area contributed by atoms with Gasteiger partial charge in [-0.15, -0.1) is 0 Å². The van der Waals surface area contributed by atoms with E-state index in [0.29, 0.717) is 17.6 Å². The first-order valence-corrected chi connectivity index (χ1v) is 8.71. The SMILES string of the molecule is CN(C)c1ccc(C=C2CCc3c2nc2ccc(C(=O)O)cn2c3=O)cc1. The second kappa shape index (κ2) is 6.39. The lowest BCUT2D eigenvalue weighted by molar-refractivity contribution is 0.0696. The van der Waals surface area contributed by atoms with Gasteiger partial charge in [0.15, 0.2) is 0 Å². The van der Waals surface area contributed by atoms with Crippen LogP contribution in [0.15, 0.2) is 47.4 Å². The van der Waals surface area contributed by atoms with Crippen molar-refractivity contribution in [2.75, 3.05) is 19.0 Å². The highest BCUT2D eigenvalue weighted by Gasteiger charge is 2.23. The number of carboxylic acids is 1. The summed E-state index contributed by atoms with van der Waals surface area (Å²) < 4.78 is 1.33. The molecule has 1 N–H and O–H groups in total. The van der Waals surface area contributed by atoms with E-state index in [1.807, 2.05) is 31.1 Å². The Morgan fingerprint density at radius 2 is 1.89 bits per heavy atom. The summed E-state index contributed by atoms with van der Waals surface area (Å²) in [6, 6.07) is 11.2. The summed E-state index contributed by atoms with van der Waals surface area (Å²) in [6.07, 6.45) is 4.77. The fourth-order valence-corrected chi connectivity index (χ4v) is 3.38. The summed E-state index contributed by atoms with van der Waals surface area (Å²) in [5.41, 5.74) is 4.92. The van der Waals surface area contributed by atoms with Crippen LogP contribution in [0.25, 0.3) is 17.3 Å². The van der Waals surface area contributed by atoms with Crippen LogP contribution >= 0.6 is 0 Å². The number of carboxylic acid groups (broad SMARTS) is 1. The standard InChI is InChI=1S/C21H19N3O3/c1-23(2)16-7-3-13(4-8-16)11-14-5-9-17-19(14)22-18-10-6-15(21(26)27)12-24(18)20(17)25/h3-4,6-8,10-12H,5,9H2,1-2H3,(H,26,27). The number of allylic oxidation sites excluding steroid dienone is 1. The molecule has 1 aromatic carbocycles. The van der Waals surface area contributed by atoms with Gasteiger partial charge in [0.05, 0.1) is 11.3 Å². The van der Waals surface area contributed by atoms with Gasteiger partial charge in [-0.1, -0.05) is 12.1 Å². The number of hydrogen-bond donors (Lipinski definition) is 1. The number of anilines is 1. The van der Waals surface area contributed by atoms with Crippen molar-refractivity contribution < 1.29 is 9.90 Å². The van der Waals surface area contributed by atoms with Crippen molar-refractivity contribution in [1.82, 2.24) is 9.38 Å². The van der Waals surface area contributed by atoms with E-state index in [2.05, 4.69) is 23.2 Å². The summed E-state index contributed by atoms with van der Waals surface area (Å²) in [5, 5.41) is 9.14. The van der Waals surface area contributed by atoms with Crippen LogP contribution in [-0.2, 0) is 6.42 Å². The van der Waals surface area contributed by atoms with Gasteiger partial charge in [0, 0.05) is 31.5 Å². The number of fused-ring (bicyclic) bond motifs is 2. The molecule has 1 aliphatic rings. The van der Waals surface area contributed by atoms with E-state index in [1.54, 1.807) is 6.07 Å². The van der Waals surface area contributed by atoms with Crippen LogP contribution in [0.4, 0.5) is 5.69 Å². The molecule has 27 heavy (non-hydrogen) atoms. The third-order valence-electron chi connectivity index (χ3n) is 4.86. The van der Waals surface area contributed by atoms with Gasteiger partial charge >= 0.3 is 5.97 Å². The fraction of sp³-hybridized carbons (Fsp3) is 0.190. The van der Waals surface area contributed by atoms with Gasteiger partial charge in [-0.05, 0) is 54.3 Å². The Kier molecular flexibility index (Phi) is 4.03. The average molecular weight is 361 g/mol. The number of benzene rings is 1. The van der Waals surface area contributed by atoms with Crippen molar-refractivity contribution >= 4 is 29.0 Å². The second-order valence-corrected chi connectivity index (χ2v) is 6.85. The highest BCUT2D eigenvalue weighted by molar-refractivity contribution is 5.88. The first-order chi connectivity index (χ1) is 12.9. The van der Waals surface area contributed by atoms with Gasteiger partial charge in [0.2, 0.25) is 0 Å². The van der Waals surface area contributed by atoms with E-state index in [9.17, 15) is 9.59 Å². The summed E-state index contributed by atoms with van der Waals surface area (Å²) in [5.74, 6) is -1.06. The minimum Gasteiger partial charge on any atom is -0.478 e. The molecular weight excluding hydrogens is 342 g/mol. The molecule has 136 valence electrons. The Morgan fingerprint density at radius 3 is 2.56 bits per heavy atom. The molecule has 2 heterocycles. The second-order valence-electron chi connectivity index (χ2n) is 6.85.